The molecule has 0 aromatic heterocycles. The standard InChI is InChI=1S/C14H22N2OS/c1-12-2-4-14(5-3-12)18-11-13(17)10-16-8-6-15-7-9-16/h2-5,13,15,17H,6-11H2,1H3. The number of hydrogen-bond acceptors (Lipinski definition) is 4. The molecule has 1 fully saturated rings. The van der Waals surface area contributed by atoms with E-state index in [1.165, 1.54) is 10.5 Å². The average molecular weight is 266 g/mol. The number of rotatable bonds is 5. The van der Waals surface area contributed by atoms with Gasteiger partial charge in [0.1, 0.15) is 0 Å². The third kappa shape index (κ3) is 4.61. The van der Waals surface area contributed by atoms with Crippen molar-refractivity contribution in [3.8, 4) is 0 Å². The van der Waals surface area contributed by atoms with Gasteiger partial charge in [-0.05, 0) is 19.1 Å². The molecule has 0 radical (unpaired) electrons. The largest absolute Gasteiger partial charge is 0.391 e. The Balaban J connectivity index is 1.70. The van der Waals surface area contributed by atoms with Gasteiger partial charge in [-0.2, -0.15) is 0 Å². The van der Waals surface area contributed by atoms with Crippen molar-refractivity contribution in [2.45, 2.75) is 17.9 Å². The van der Waals surface area contributed by atoms with Crippen LogP contribution in [0.25, 0.3) is 0 Å². The molecule has 3 nitrogen and oxygen atoms in total. The number of nitrogens with one attached hydrogen (secondary N) is 1. The zero-order chi connectivity index (χ0) is 12.8. The van der Waals surface area contributed by atoms with Crippen LogP contribution in [0.2, 0.25) is 0 Å². The van der Waals surface area contributed by atoms with E-state index >= 15 is 0 Å². The van der Waals surface area contributed by atoms with E-state index in [9.17, 15) is 5.11 Å². The molecule has 4 heteroatoms. The Morgan fingerprint density at radius 1 is 1.28 bits per heavy atom. The van der Waals surface area contributed by atoms with E-state index in [0.717, 1.165) is 38.5 Å². The highest BCUT2D eigenvalue weighted by atomic mass is 32.2. The quantitative estimate of drug-likeness (QED) is 0.789. The number of benzene rings is 1. The van der Waals surface area contributed by atoms with E-state index in [2.05, 4.69) is 41.4 Å². The van der Waals surface area contributed by atoms with Crippen molar-refractivity contribution in [2.75, 3.05) is 38.5 Å². The molecule has 0 amide bonds. The van der Waals surface area contributed by atoms with Crippen LogP contribution >= 0.6 is 11.8 Å². The first-order valence-electron chi connectivity index (χ1n) is 6.54. The lowest BCUT2D eigenvalue weighted by molar-refractivity contribution is 0.121. The molecule has 1 saturated heterocycles. The summed E-state index contributed by atoms with van der Waals surface area (Å²) in [7, 11) is 0. The third-order valence-electron chi connectivity index (χ3n) is 3.14. The Kier molecular flexibility index (Phi) is 5.50. The SMILES string of the molecule is Cc1ccc(SCC(O)CN2CCNCC2)cc1. The average Bonchev–Trinajstić information content (AvgIpc) is 2.39. The van der Waals surface area contributed by atoms with Crippen LogP contribution in [0.5, 0.6) is 0 Å². The molecule has 1 aromatic carbocycles. The minimum absolute atomic E-state index is 0.241. The molecular formula is C14H22N2OS. The summed E-state index contributed by atoms with van der Waals surface area (Å²) in [5.74, 6) is 0.771. The van der Waals surface area contributed by atoms with Crippen molar-refractivity contribution in [3.63, 3.8) is 0 Å². The molecule has 1 aromatic rings. The lowest BCUT2D eigenvalue weighted by Gasteiger charge is -2.28. The van der Waals surface area contributed by atoms with Crippen LogP contribution in [0, 0.1) is 6.92 Å². The van der Waals surface area contributed by atoms with Crippen LogP contribution < -0.4 is 5.32 Å². The van der Waals surface area contributed by atoms with E-state index in [0.29, 0.717) is 0 Å². The summed E-state index contributed by atoms with van der Waals surface area (Å²) < 4.78 is 0. The van der Waals surface area contributed by atoms with Crippen LogP contribution in [-0.4, -0.2) is 54.6 Å². The molecule has 0 bridgehead atoms. The fourth-order valence-corrected chi connectivity index (χ4v) is 2.89. The van der Waals surface area contributed by atoms with Gasteiger partial charge in [-0.1, -0.05) is 17.7 Å². The Bertz CT molecular complexity index is 349. The normalized spacial score (nSPS) is 18.8. The highest BCUT2D eigenvalue weighted by Crippen LogP contribution is 2.19. The number of thioether (sulfide) groups is 1. The van der Waals surface area contributed by atoms with Crippen LogP contribution in [0.4, 0.5) is 0 Å². The zero-order valence-electron chi connectivity index (χ0n) is 10.9. The van der Waals surface area contributed by atoms with Crippen molar-refractivity contribution < 1.29 is 5.11 Å². The second-order valence-electron chi connectivity index (χ2n) is 4.83. The van der Waals surface area contributed by atoms with Gasteiger partial charge in [0.15, 0.2) is 0 Å². The number of aliphatic hydroxyl groups excluding tert-OH is 1. The van der Waals surface area contributed by atoms with Crippen LogP contribution in [-0.2, 0) is 0 Å². The Labute approximate surface area is 114 Å². The van der Waals surface area contributed by atoms with Gasteiger partial charge >= 0.3 is 0 Å². The molecular weight excluding hydrogens is 244 g/mol. The lowest BCUT2D eigenvalue weighted by atomic mass is 10.2. The molecule has 0 spiro atoms. The third-order valence-corrected chi connectivity index (χ3v) is 4.30. The van der Waals surface area contributed by atoms with Crippen molar-refractivity contribution in [3.05, 3.63) is 29.8 Å². The fourth-order valence-electron chi connectivity index (χ4n) is 2.07. The van der Waals surface area contributed by atoms with Gasteiger partial charge in [-0.3, -0.25) is 4.90 Å². The molecule has 18 heavy (non-hydrogen) atoms. The van der Waals surface area contributed by atoms with Crippen molar-refractivity contribution in [1.82, 2.24) is 10.2 Å². The smallest absolute Gasteiger partial charge is 0.0760 e. The Morgan fingerprint density at radius 3 is 2.61 bits per heavy atom. The van der Waals surface area contributed by atoms with Gasteiger partial charge in [-0.25, -0.2) is 0 Å². The number of β-amino-alcohol motifs (C(OH)–C–C–N with tert-alkyl or cyclic N) is 1. The number of aryl methyl sites for hydroxylation is 1. The predicted molar refractivity (Wildman–Crippen MR) is 77.2 cm³/mol. The van der Waals surface area contributed by atoms with E-state index in [4.69, 9.17) is 0 Å². The molecule has 0 aliphatic carbocycles. The first-order chi connectivity index (χ1) is 8.74. The Hall–Kier alpha value is -0.550. The zero-order valence-corrected chi connectivity index (χ0v) is 11.7. The van der Waals surface area contributed by atoms with Gasteiger partial charge in [0.2, 0.25) is 0 Å². The minimum atomic E-state index is -0.241. The predicted octanol–water partition coefficient (Wildman–Crippen LogP) is 1.35. The summed E-state index contributed by atoms with van der Waals surface area (Å²) in [6.45, 7) is 7.06. The molecule has 1 aliphatic rings. The summed E-state index contributed by atoms with van der Waals surface area (Å²) in [4.78, 5) is 3.57. The second-order valence-corrected chi connectivity index (χ2v) is 5.92. The molecule has 1 aliphatic heterocycles. The fraction of sp³-hybridized carbons (Fsp3) is 0.571. The molecule has 100 valence electrons. The highest BCUT2D eigenvalue weighted by Gasteiger charge is 2.14. The highest BCUT2D eigenvalue weighted by molar-refractivity contribution is 7.99. The molecule has 0 saturated carbocycles. The van der Waals surface area contributed by atoms with E-state index in [1.807, 2.05) is 0 Å². The monoisotopic (exact) mass is 266 g/mol. The number of hydrogen-bond donors (Lipinski definition) is 2. The molecule has 2 rings (SSSR count). The topological polar surface area (TPSA) is 35.5 Å². The number of nitrogens with zero attached hydrogens (tertiary/aromatic N) is 1. The first-order valence-corrected chi connectivity index (χ1v) is 7.53. The summed E-state index contributed by atoms with van der Waals surface area (Å²) >= 11 is 1.73. The maximum absolute atomic E-state index is 10.0. The van der Waals surface area contributed by atoms with Gasteiger partial charge in [0, 0.05) is 43.4 Å². The van der Waals surface area contributed by atoms with Gasteiger partial charge in [0.05, 0.1) is 6.10 Å². The van der Waals surface area contributed by atoms with Crippen LogP contribution in [0.3, 0.4) is 0 Å². The molecule has 1 atom stereocenters. The minimum Gasteiger partial charge on any atom is -0.391 e. The van der Waals surface area contributed by atoms with Crippen molar-refractivity contribution in [1.29, 1.82) is 0 Å². The summed E-state index contributed by atoms with van der Waals surface area (Å²) in [6.07, 6.45) is -0.241. The molecule has 2 N–H and O–H groups in total. The molecule has 1 heterocycles. The van der Waals surface area contributed by atoms with Crippen molar-refractivity contribution >= 4 is 11.8 Å². The summed E-state index contributed by atoms with van der Waals surface area (Å²) in [6, 6.07) is 8.48. The lowest BCUT2D eigenvalue weighted by Crippen LogP contribution is -2.46. The van der Waals surface area contributed by atoms with Gasteiger partial charge < -0.3 is 10.4 Å². The van der Waals surface area contributed by atoms with E-state index in [1.54, 1.807) is 11.8 Å². The summed E-state index contributed by atoms with van der Waals surface area (Å²) in [5.41, 5.74) is 1.28. The van der Waals surface area contributed by atoms with E-state index in [-0.39, 0.29) is 6.10 Å². The second kappa shape index (κ2) is 7.14. The van der Waals surface area contributed by atoms with Crippen LogP contribution in [0.1, 0.15) is 5.56 Å². The van der Waals surface area contributed by atoms with Crippen molar-refractivity contribution in [2.24, 2.45) is 0 Å². The Morgan fingerprint density at radius 2 is 1.94 bits per heavy atom. The maximum Gasteiger partial charge on any atom is 0.0760 e. The van der Waals surface area contributed by atoms with Gasteiger partial charge in [-0.15, -0.1) is 11.8 Å². The van der Waals surface area contributed by atoms with Gasteiger partial charge in [0.25, 0.3) is 0 Å². The summed E-state index contributed by atoms with van der Waals surface area (Å²) in [5, 5.41) is 13.4. The number of aliphatic hydroxyl groups is 1. The molecule has 1 unspecified atom stereocenters. The first kappa shape index (κ1) is 13.9. The van der Waals surface area contributed by atoms with E-state index < -0.39 is 0 Å². The van der Waals surface area contributed by atoms with Crippen LogP contribution in [0.15, 0.2) is 29.2 Å². The number of piperazine rings is 1. The maximum atomic E-state index is 10.0.